The van der Waals surface area contributed by atoms with E-state index in [1.54, 1.807) is 0 Å². The van der Waals surface area contributed by atoms with Crippen LogP contribution < -0.4 is 21.7 Å². The van der Waals surface area contributed by atoms with E-state index in [1.165, 1.54) is 48.5 Å². The summed E-state index contributed by atoms with van der Waals surface area (Å²) in [5.41, 5.74) is 7.68. The van der Waals surface area contributed by atoms with Crippen LogP contribution in [0.3, 0.4) is 0 Å². The molecule has 14 heteroatoms. The van der Waals surface area contributed by atoms with E-state index in [9.17, 15) is 39.4 Å². The molecule has 0 fully saturated rings. The number of unbranched alkanes of at least 4 members (excludes halogenated alkanes) is 4. The van der Waals surface area contributed by atoms with Crippen LogP contribution in [0.25, 0.3) is 0 Å². The molecule has 2 rings (SSSR count). The predicted molar refractivity (Wildman–Crippen MR) is 130 cm³/mol. The Morgan fingerprint density at radius 3 is 1.30 bits per heavy atom. The Morgan fingerprint density at radius 2 is 0.919 bits per heavy atom. The molecular formula is C23H26N6O8. The summed E-state index contributed by atoms with van der Waals surface area (Å²) in [6.45, 7) is 0. The summed E-state index contributed by atoms with van der Waals surface area (Å²) >= 11 is 0. The highest BCUT2D eigenvalue weighted by Crippen LogP contribution is 2.18. The molecule has 0 aromatic heterocycles. The van der Waals surface area contributed by atoms with E-state index in [-0.39, 0.29) is 35.3 Å². The Balaban J connectivity index is 1.56. The first-order valence-corrected chi connectivity index (χ1v) is 11.4. The number of nitro benzene ring substituents is 2. The first-order chi connectivity index (χ1) is 17.7. The molecule has 0 saturated carbocycles. The van der Waals surface area contributed by atoms with Crippen LogP contribution in [-0.4, -0.2) is 33.5 Å². The van der Waals surface area contributed by atoms with E-state index in [2.05, 4.69) is 21.7 Å². The minimum atomic E-state index is -0.794. The van der Waals surface area contributed by atoms with E-state index in [4.69, 9.17) is 0 Å². The van der Waals surface area contributed by atoms with Gasteiger partial charge in [-0.1, -0.05) is 43.5 Å². The number of amides is 4. The van der Waals surface area contributed by atoms with Gasteiger partial charge in [0, 0.05) is 25.0 Å². The second kappa shape index (κ2) is 14.5. The van der Waals surface area contributed by atoms with Gasteiger partial charge in [0.2, 0.25) is 11.8 Å². The lowest BCUT2D eigenvalue weighted by Gasteiger charge is -2.08. The number of hydrogen-bond acceptors (Lipinski definition) is 8. The fraction of sp³-hybridized carbons (Fsp3) is 0.304. The van der Waals surface area contributed by atoms with Crippen molar-refractivity contribution in [2.75, 3.05) is 0 Å². The molecule has 0 radical (unpaired) electrons. The molecule has 196 valence electrons. The van der Waals surface area contributed by atoms with Gasteiger partial charge in [0.15, 0.2) is 0 Å². The summed E-state index contributed by atoms with van der Waals surface area (Å²) < 4.78 is 0. The Labute approximate surface area is 211 Å². The van der Waals surface area contributed by atoms with Gasteiger partial charge in [-0.3, -0.25) is 61.1 Å². The van der Waals surface area contributed by atoms with E-state index >= 15 is 0 Å². The van der Waals surface area contributed by atoms with Crippen molar-refractivity contribution in [3.05, 3.63) is 79.9 Å². The second-order valence-corrected chi connectivity index (χ2v) is 7.82. The summed E-state index contributed by atoms with van der Waals surface area (Å²) in [6, 6.07) is 10.7. The molecule has 0 bridgehead atoms. The third kappa shape index (κ3) is 9.35. The standard InChI is InChI=1S/C23H26N6O8/c30-20(24-26-22(32)16-10-6-8-12-18(16)28(34)35)14-4-2-1-3-5-15-21(31)25-27-23(33)17-11-7-9-13-19(17)29(36)37/h6-13H,1-5,14-15H2,(H,24,30)(H,25,31)(H,26,32)(H,27,33). The van der Waals surface area contributed by atoms with Gasteiger partial charge in [-0.05, 0) is 25.0 Å². The van der Waals surface area contributed by atoms with E-state index in [0.29, 0.717) is 25.7 Å². The van der Waals surface area contributed by atoms with Crippen LogP contribution >= 0.6 is 0 Å². The molecular weight excluding hydrogens is 488 g/mol. The van der Waals surface area contributed by atoms with Crippen LogP contribution in [0, 0.1) is 20.2 Å². The number of hydrazine groups is 2. The van der Waals surface area contributed by atoms with Crippen molar-refractivity contribution < 1.29 is 29.0 Å². The van der Waals surface area contributed by atoms with Gasteiger partial charge in [0.25, 0.3) is 23.2 Å². The number of nitrogens with one attached hydrogen (secondary N) is 4. The van der Waals surface area contributed by atoms with Gasteiger partial charge < -0.3 is 0 Å². The summed E-state index contributed by atoms with van der Waals surface area (Å²) in [6.07, 6.45) is 3.47. The Kier molecular flexibility index (Phi) is 11.1. The van der Waals surface area contributed by atoms with E-state index in [1.807, 2.05) is 0 Å². The third-order valence-electron chi connectivity index (χ3n) is 5.13. The molecule has 0 spiro atoms. The van der Waals surface area contributed by atoms with Crippen molar-refractivity contribution in [2.45, 2.75) is 44.9 Å². The molecule has 0 heterocycles. The molecule has 2 aromatic rings. The van der Waals surface area contributed by atoms with Crippen molar-refractivity contribution in [1.29, 1.82) is 0 Å². The van der Waals surface area contributed by atoms with Crippen LogP contribution in [0.5, 0.6) is 0 Å². The van der Waals surface area contributed by atoms with Gasteiger partial charge >= 0.3 is 0 Å². The van der Waals surface area contributed by atoms with E-state index < -0.39 is 33.5 Å². The van der Waals surface area contributed by atoms with E-state index in [0.717, 1.165) is 6.42 Å². The molecule has 14 nitrogen and oxygen atoms in total. The zero-order valence-electron chi connectivity index (χ0n) is 19.7. The van der Waals surface area contributed by atoms with Crippen molar-refractivity contribution in [2.24, 2.45) is 0 Å². The zero-order valence-corrected chi connectivity index (χ0v) is 19.7. The van der Waals surface area contributed by atoms with Crippen molar-refractivity contribution >= 4 is 35.0 Å². The summed E-state index contributed by atoms with van der Waals surface area (Å²) in [4.78, 5) is 68.5. The van der Waals surface area contributed by atoms with Crippen LogP contribution in [0.4, 0.5) is 11.4 Å². The quantitative estimate of drug-likeness (QED) is 0.188. The molecule has 0 aliphatic rings. The molecule has 0 saturated heterocycles. The van der Waals surface area contributed by atoms with Crippen LogP contribution in [-0.2, 0) is 9.59 Å². The second-order valence-electron chi connectivity index (χ2n) is 7.82. The molecule has 0 unspecified atom stereocenters. The number of nitrogens with zero attached hydrogens (tertiary/aromatic N) is 2. The Hall–Kier alpha value is -4.88. The first kappa shape index (κ1) is 28.4. The number of carbonyl (C=O) groups excluding carboxylic acids is 4. The zero-order chi connectivity index (χ0) is 27.2. The number of nitro groups is 2. The van der Waals surface area contributed by atoms with Crippen LogP contribution in [0.2, 0.25) is 0 Å². The minimum Gasteiger partial charge on any atom is -0.273 e. The molecule has 37 heavy (non-hydrogen) atoms. The van der Waals surface area contributed by atoms with Crippen molar-refractivity contribution in [3.8, 4) is 0 Å². The Bertz CT molecular complexity index is 1080. The lowest BCUT2D eigenvalue weighted by atomic mass is 10.1. The molecule has 4 amide bonds. The van der Waals surface area contributed by atoms with Gasteiger partial charge in [-0.2, -0.15) is 0 Å². The lowest BCUT2D eigenvalue weighted by molar-refractivity contribution is -0.385. The third-order valence-corrected chi connectivity index (χ3v) is 5.13. The number of benzene rings is 2. The number of rotatable bonds is 12. The monoisotopic (exact) mass is 514 g/mol. The lowest BCUT2D eigenvalue weighted by Crippen LogP contribution is -2.41. The fourth-order valence-electron chi connectivity index (χ4n) is 3.26. The van der Waals surface area contributed by atoms with Crippen molar-refractivity contribution in [3.63, 3.8) is 0 Å². The predicted octanol–water partition coefficient (Wildman–Crippen LogP) is 2.46. The molecule has 0 aliphatic carbocycles. The summed E-state index contributed by atoms with van der Waals surface area (Å²) in [7, 11) is 0. The Morgan fingerprint density at radius 1 is 0.568 bits per heavy atom. The van der Waals surface area contributed by atoms with Gasteiger partial charge in [-0.25, -0.2) is 0 Å². The van der Waals surface area contributed by atoms with Gasteiger partial charge in [-0.15, -0.1) is 0 Å². The molecule has 0 atom stereocenters. The molecule has 2 aromatic carbocycles. The average Bonchev–Trinajstić information content (AvgIpc) is 2.89. The maximum absolute atomic E-state index is 12.1. The highest BCUT2D eigenvalue weighted by atomic mass is 16.6. The highest BCUT2D eigenvalue weighted by Gasteiger charge is 2.20. The fourth-order valence-corrected chi connectivity index (χ4v) is 3.26. The van der Waals surface area contributed by atoms with Crippen molar-refractivity contribution in [1.82, 2.24) is 21.7 Å². The summed E-state index contributed by atoms with van der Waals surface area (Å²) in [5, 5.41) is 21.9. The highest BCUT2D eigenvalue weighted by molar-refractivity contribution is 5.99. The van der Waals surface area contributed by atoms with Gasteiger partial charge in [0.05, 0.1) is 9.85 Å². The smallest absolute Gasteiger partial charge is 0.273 e. The average molecular weight is 514 g/mol. The largest absolute Gasteiger partial charge is 0.282 e. The maximum Gasteiger partial charge on any atom is 0.282 e. The maximum atomic E-state index is 12.1. The number of hydrogen-bond donors (Lipinski definition) is 4. The normalized spacial score (nSPS) is 10.2. The van der Waals surface area contributed by atoms with Crippen LogP contribution in [0.15, 0.2) is 48.5 Å². The topological polar surface area (TPSA) is 203 Å². The number of carbonyl (C=O) groups is 4. The van der Waals surface area contributed by atoms with Gasteiger partial charge in [0.1, 0.15) is 11.1 Å². The first-order valence-electron chi connectivity index (χ1n) is 11.4. The SMILES string of the molecule is O=C(CCCCCCCC(=O)NNC(=O)c1ccccc1[N+](=O)[O-])NNC(=O)c1ccccc1[N+](=O)[O-]. The van der Waals surface area contributed by atoms with Crippen LogP contribution in [0.1, 0.15) is 65.7 Å². The number of para-hydroxylation sites is 2. The summed E-state index contributed by atoms with van der Waals surface area (Å²) in [5.74, 6) is -2.48. The molecule has 4 N–H and O–H groups in total. The minimum absolute atomic E-state index is 0.134. The molecule has 0 aliphatic heterocycles.